The minimum atomic E-state index is -3.47. The topological polar surface area (TPSA) is 49.9 Å². The molecule has 0 radical (unpaired) electrons. The van der Waals surface area contributed by atoms with E-state index in [2.05, 4.69) is 4.90 Å². The molecule has 1 aliphatic heterocycles. The van der Waals surface area contributed by atoms with E-state index in [1.165, 1.54) is 0 Å². The molecule has 0 spiro atoms. The fraction of sp³-hybridized carbons (Fsp3) is 0.368. The normalized spacial score (nSPS) is 15.9. The third kappa shape index (κ3) is 3.54. The predicted octanol–water partition coefficient (Wildman–Crippen LogP) is 3.48. The molecule has 0 aromatic heterocycles. The van der Waals surface area contributed by atoms with Crippen LogP contribution in [0.15, 0.2) is 41.3 Å². The number of sulfonamides is 1. The van der Waals surface area contributed by atoms with E-state index in [9.17, 15) is 8.42 Å². The number of piperazine rings is 1. The molecule has 0 aliphatic carbocycles. The number of ether oxygens (including phenoxy) is 1. The largest absolute Gasteiger partial charge is 0.495 e. The number of halogens is 1. The van der Waals surface area contributed by atoms with Crippen molar-refractivity contribution < 1.29 is 13.2 Å². The molecule has 0 N–H and O–H groups in total. The van der Waals surface area contributed by atoms with Crippen molar-refractivity contribution in [3.8, 4) is 5.75 Å². The molecule has 0 atom stereocenters. The highest BCUT2D eigenvalue weighted by Crippen LogP contribution is 2.34. The van der Waals surface area contributed by atoms with Crippen LogP contribution in [-0.4, -0.2) is 46.0 Å². The molecule has 2 aromatic carbocycles. The van der Waals surface area contributed by atoms with Crippen LogP contribution in [0.1, 0.15) is 11.1 Å². The summed E-state index contributed by atoms with van der Waals surface area (Å²) in [5.74, 6) is 0.704. The maximum absolute atomic E-state index is 12.9. The van der Waals surface area contributed by atoms with Crippen LogP contribution in [0.4, 0.5) is 5.69 Å². The van der Waals surface area contributed by atoms with E-state index >= 15 is 0 Å². The quantitative estimate of drug-likeness (QED) is 0.796. The van der Waals surface area contributed by atoms with E-state index in [1.54, 1.807) is 23.5 Å². The Labute approximate surface area is 160 Å². The molecule has 140 valence electrons. The number of rotatable bonds is 4. The van der Waals surface area contributed by atoms with Gasteiger partial charge in [-0.05, 0) is 37.1 Å². The van der Waals surface area contributed by atoms with Crippen LogP contribution < -0.4 is 9.64 Å². The fourth-order valence-electron chi connectivity index (χ4n) is 3.21. The molecule has 0 saturated carbocycles. The SMILES string of the molecule is COc1cc(Cl)c(C)cc1N1CCN(S(=O)(=O)c2ccccc2C)CC1. The van der Waals surface area contributed by atoms with Gasteiger partial charge in [0.15, 0.2) is 0 Å². The third-order valence-electron chi connectivity index (χ3n) is 4.75. The molecule has 2 aromatic rings. The van der Waals surface area contributed by atoms with E-state index in [-0.39, 0.29) is 0 Å². The summed E-state index contributed by atoms with van der Waals surface area (Å²) in [7, 11) is -1.86. The number of hydrogen-bond donors (Lipinski definition) is 0. The van der Waals surface area contributed by atoms with Crippen LogP contribution in [0.25, 0.3) is 0 Å². The maximum atomic E-state index is 12.9. The molecule has 1 aliphatic rings. The monoisotopic (exact) mass is 394 g/mol. The van der Waals surface area contributed by atoms with Gasteiger partial charge in [0.25, 0.3) is 0 Å². The van der Waals surface area contributed by atoms with Crippen molar-refractivity contribution in [2.75, 3.05) is 38.2 Å². The van der Waals surface area contributed by atoms with Gasteiger partial charge in [0.2, 0.25) is 10.0 Å². The minimum absolute atomic E-state index is 0.383. The second kappa shape index (κ2) is 7.47. The van der Waals surface area contributed by atoms with Gasteiger partial charge in [-0.1, -0.05) is 29.8 Å². The molecular weight excluding hydrogens is 372 g/mol. The van der Waals surface area contributed by atoms with Crippen molar-refractivity contribution in [2.24, 2.45) is 0 Å². The third-order valence-corrected chi connectivity index (χ3v) is 7.22. The van der Waals surface area contributed by atoms with Crippen molar-refractivity contribution in [3.63, 3.8) is 0 Å². The fourth-order valence-corrected chi connectivity index (χ4v) is 5.01. The van der Waals surface area contributed by atoms with Crippen molar-refractivity contribution >= 4 is 27.3 Å². The Kier molecular flexibility index (Phi) is 5.46. The maximum Gasteiger partial charge on any atom is 0.243 e. The van der Waals surface area contributed by atoms with Crippen LogP contribution in [0.2, 0.25) is 5.02 Å². The molecule has 0 amide bonds. The first-order valence-electron chi connectivity index (χ1n) is 8.49. The average Bonchev–Trinajstić information content (AvgIpc) is 2.64. The Morgan fingerprint density at radius 2 is 1.65 bits per heavy atom. The summed E-state index contributed by atoms with van der Waals surface area (Å²) >= 11 is 6.18. The molecule has 1 saturated heterocycles. The minimum Gasteiger partial charge on any atom is -0.495 e. The summed E-state index contributed by atoms with van der Waals surface area (Å²) in [6.45, 7) is 5.84. The van der Waals surface area contributed by atoms with Gasteiger partial charge < -0.3 is 9.64 Å². The van der Waals surface area contributed by atoms with Crippen molar-refractivity contribution in [2.45, 2.75) is 18.7 Å². The number of benzene rings is 2. The molecule has 0 unspecified atom stereocenters. The summed E-state index contributed by atoms with van der Waals surface area (Å²) in [5, 5.41) is 0.659. The van der Waals surface area contributed by atoms with E-state index in [4.69, 9.17) is 16.3 Å². The van der Waals surface area contributed by atoms with Gasteiger partial charge in [0, 0.05) is 37.3 Å². The van der Waals surface area contributed by atoms with Gasteiger partial charge in [-0.15, -0.1) is 0 Å². The highest BCUT2D eigenvalue weighted by molar-refractivity contribution is 7.89. The Hall–Kier alpha value is -1.76. The second-order valence-electron chi connectivity index (χ2n) is 6.43. The molecule has 7 heteroatoms. The highest BCUT2D eigenvalue weighted by atomic mass is 35.5. The molecule has 1 fully saturated rings. The lowest BCUT2D eigenvalue weighted by atomic mass is 10.1. The average molecular weight is 395 g/mol. The molecule has 26 heavy (non-hydrogen) atoms. The van der Waals surface area contributed by atoms with Crippen LogP contribution >= 0.6 is 11.6 Å². The van der Waals surface area contributed by atoms with Gasteiger partial charge in [0.05, 0.1) is 17.7 Å². The Morgan fingerprint density at radius 3 is 2.27 bits per heavy atom. The molecule has 1 heterocycles. The zero-order valence-corrected chi connectivity index (χ0v) is 16.8. The van der Waals surface area contributed by atoms with E-state index in [0.717, 1.165) is 16.8 Å². The summed E-state index contributed by atoms with van der Waals surface area (Å²) < 4.78 is 32.9. The first-order valence-corrected chi connectivity index (χ1v) is 10.3. The zero-order valence-electron chi connectivity index (χ0n) is 15.2. The molecule has 5 nitrogen and oxygen atoms in total. The highest BCUT2D eigenvalue weighted by Gasteiger charge is 2.30. The first kappa shape index (κ1) is 19.0. The first-order chi connectivity index (χ1) is 12.3. The second-order valence-corrected chi connectivity index (χ2v) is 8.74. The number of aryl methyl sites for hydroxylation is 2. The standard InChI is InChI=1S/C19H23ClN2O3S/c1-14-6-4-5-7-19(14)26(23,24)22-10-8-21(9-11-22)17-12-15(2)16(20)13-18(17)25-3/h4-7,12-13H,8-11H2,1-3H3. The van der Waals surface area contributed by atoms with Gasteiger partial charge in [-0.2, -0.15) is 4.31 Å². The lowest BCUT2D eigenvalue weighted by Crippen LogP contribution is -2.48. The summed E-state index contributed by atoms with van der Waals surface area (Å²) in [6, 6.07) is 10.9. The Bertz CT molecular complexity index is 907. The van der Waals surface area contributed by atoms with Gasteiger partial charge in [0.1, 0.15) is 5.75 Å². The van der Waals surface area contributed by atoms with Crippen molar-refractivity contribution in [3.05, 3.63) is 52.5 Å². The van der Waals surface area contributed by atoms with E-state index in [1.807, 2.05) is 38.1 Å². The number of methoxy groups -OCH3 is 1. The molecule has 0 bridgehead atoms. The van der Waals surface area contributed by atoms with Crippen LogP contribution in [-0.2, 0) is 10.0 Å². The lowest BCUT2D eigenvalue weighted by Gasteiger charge is -2.36. The van der Waals surface area contributed by atoms with E-state index < -0.39 is 10.0 Å². The summed E-state index contributed by atoms with van der Waals surface area (Å²) in [6.07, 6.45) is 0. The van der Waals surface area contributed by atoms with Crippen molar-refractivity contribution in [1.29, 1.82) is 0 Å². The number of nitrogens with zero attached hydrogens (tertiary/aromatic N) is 2. The molecule has 3 rings (SSSR count). The van der Waals surface area contributed by atoms with E-state index in [0.29, 0.717) is 41.8 Å². The predicted molar refractivity (Wildman–Crippen MR) is 105 cm³/mol. The summed E-state index contributed by atoms with van der Waals surface area (Å²) in [5.41, 5.74) is 2.68. The van der Waals surface area contributed by atoms with Crippen molar-refractivity contribution in [1.82, 2.24) is 4.31 Å². The zero-order chi connectivity index (χ0) is 18.9. The Morgan fingerprint density at radius 1 is 1.00 bits per heavy atom. The smallest absolute Gasteiger partial charge is 0.243 e. The van der Waals surface area contributed by atoms with Gasteiger partial charge in [-0.3, -0.25) is 0 Å². The molecular formula is C19H23ClN2O3S. The van der Waals surface area contributed by atoms with Gasteiger partial charge in [-0.25, -0.2) is 8.42 Å². The van der Waals surface area contributed by atoms with Gasteiger partial charge >= 0.3 is 0 Å². The number of hydrogen-bond acceptors (Lipinski definition) is 4. The Balaban J connectivity index is 1.80. The van der Waals surface area contributed by atoms with Crippen LogP contribution in [0.3, 0.4) is 0 Å². The van der Waals surface area contributed by atoms with Crippen LogP contribution in [0, 0.1) is 13.8 Å². The summed E-state index contributed by atoms with van der Waals surface area (Å²) in [4.78, 5) is 2.53. The lowest BCUT2D eigenvalue weighted by molar-refractivity contribution is 0.378. The van der Waals surface area contributed by atoms with Crippen LogP contribution in [0.5, 0.6) is 5.75 Å². The number of anilines is 1.